The smallest absolute Gasteiger partial charge is 0.0599 e. The molecule has 0 unspecified atom stereocenters. The van der Waals surface area contributed by atoms with Crippen LogP contribution in [0.2, 0.25) is 0 Å². The second kappa shape index (κ2) is 6.87. The summed E-state index contributed by atoms with van der Waals surface area (Å²) in [6, 6.07) is 0. The fourth-order valence-electron chi connectivity index (χ4n) is 1.14. The first kappa shape index (κ1) is 12.4. The predicted octanol–water partition coefficient (Wildman–Crippen LogP) is 2.03. The zero-order chi connectivity index (χ0) is 10.3. The molecule has 0 radical (unpaired) electrons. The number of hydrogen-bond donors (Lipinski definition) is 2. The molecule has 0 bridgehead atoms. The van der Waals surface area contributed by atoms with Crippen LogP contribution in [0.15, 0.2) is 23.8 Å². The molecule has 0 aromatic heterocycles. The lowest BCUT2D eigenvalue weighted by Crippen LogP contribution is -2.13. The zero-order valence-corrected chi connectivity index (χ0v) is 8.70. The molecular formula is C11H20O2. The average Bonchev–Trinajstić information content (AvgIpc) is 2.00. The van der Waals surface area contributed by atoms with Crippen LogP contribution in [0.25, 0.3) is 0 Å². The van der Waals surface area contributed by atoms with Gasteiger partial charge in [0, 0.05) is 0 Å². The van der Waals surface area contributed by atoms with Gasteiger partial charge < -0.3 is 10.2 Å². The molecule has 2 nitrogen and oxygen atoms in total. The lowest BCUT2D eigenvalue weighted by atomic mass is 10.1. The quantitative estimate of drug-likeness (QED) is 0.642. The molecule has 0 heterocycles. The molecule has 0 saturated heterocycles. The highest BCUT2D eigenvalue weighted by Crippen LogP contribution is 2.05. The summed E-state index contributed by atoms with van der Waals surface area (Å²) in [6.45, 7) is 5.64. The van der Waals surface area contributed by atoms with E-state index in [2.05, 4.69) is 0 Å². The second-order valence-corrected chi connectivity index (χ2v) is 3.42. The van der Waals surface area contributed by atoms with Crippen molar-refractivity contribution in [3.63, 3.8) is 0 Å². The Morgan fingerprint density at radius 3 is 2.46 bits per heavy atom. The number of aliphatic hydroxyl groups is 2. The SMILES string of the molecule is C/C=C/C(C)=C/C[C@@H](O)C[C@H](C)O. The topological polar surface area (TPSA) is 40.5 Å². The van der Waals surface area contributed by atoms with Crippen molar-refractivity contribution >= 4 is 0 Å². The Labute approximate surface area is 80.6 Å². The van der Waals surface area contributed by atoms with Crippen molar-refractivity contribution in [3.8, 4) is 0 Å². The van der Waals surface area contributed by atoms with E-state index in [9.17, 15) is 5.11 Å². The van der Waals surface area contributed by atoms with Crippen molar-refractivity contribution in [3.05, 3.63) is 23.8 Å². The third kappa shape index (κ3) is 7.75. The normalized spacial score (nSPS) is 17.8. The summed E-state index contributed by atoms with van der Waals surface area (Å²) in [5.41, 5.74) is 1.15. The third-order valence-corrected chi connectivity index (χ3v) is 1.75. The molecule has 0 saturated carbocycles. The summed E-state index contributed by atoms with van der Waals surface area (Å²) in [4.78, 5) is 0. The Balaban J connectivity index is 3.79. The van der Waals surface area contributed by atoms with Crippen molar-refractivity contribution in [2.75, 3.05) is 0 Å². The van der Waals surface area contributed by atoms with Gasteiger partial charge in [0.05, 0.1) is 12.2 Å². The first-order valence-corrected chi connectivity index (χ1v) is 4.71. The molecule has 0 aromatic rings. The van der Waals surface area contributed by atoms with Crippen LogP contribution in [0.1, 0.15) is 33.6 Å². The van der Waals surface area contributed by atoms with Gasteiger partial charge in [-0.15, -0.1) is 0 Å². The Bertz CT molecular complexity index is 181. The van der Waals surface area contributed by atoms with E-state index in [1.807, 2.05) is 32.1 Å². The molecule has 2 heteroatoms. The minimum absolute atomic E-state index is 0.426. The molecule has 0 aromatic carbocycles. The van der Waals surface area contributed by atoms with E-state index < -0.39 is 12.2 Å². The van der Waals surface area contributed by atoms with Crippen LogP contribution in [0, 0.1) is 0 Å². The highest BCUT2D eigenvalue weighted by atomic mass is 16.3. The van der Waals surface area contributed by atoms with E-state index >= 15 is 0 Å². The minimum atomic E-state index is -0.430. The van der Waals surface area contributed by atoms with Crippen molar-refractivity contribution < 1.29 is 10.2 Å². The third-order valence-electron chi connectivity index (χ3n) is 1.75. The van der Waals surface area contributed by atoms with Crippen LogP contribution in [0.5, 0.6) is 0 Å². The Morgan fingerprint density at radius 2 is 2.00 bits per heavy atom. The first-order chi connectivity index (χ1) is 6.06. The molecular weight excluding hydrogens is 164 g/mol. The van der Waals surface area contributed by atoms with Gasteiger partial charge in [0.2, 0.25) is 0 Å². The second-order valence-electron chi connectivity index (χ2n) is 3.42. The van der Waals surface area contributed by atoms with Crippen molar-refractivity contribution in [1.82, 2.24) is 0 Å². The Hall–Kier alpha value is -0.600. The van der Waals surface area contributed by atoms with Gasteiger partial charge in [0.25, 0.3) is 0 Å². The molecule has 0 fully saturated rings. The maximum absolute atomic E-state index is 9.41. The van der Waals surface area contributed by atoms with E-state index in [4.69, 9.17) is 5.11 Å². The lowest BCUT2D eigenvalue weighted by molar-refractivity contribution is 0.0924. The van der Waals surface area contributed by atoms with Crippen molar-refractivity contribution in [1.29, 1.82) is 0 Å². The van der Waals surface area contributed by atoms with Crippen LogP contribution < -0.4 is 0 Å². The number of aliphatic hydroxyl groups excluding tert-OH is 2. The van der Waals surface area contributed by atoms with Gasteiger partial charge in [-0.1, -0.05) is 23.8 Å². The van der Waals surface area contributed by atoms with Crippen LogP contribution in [-0.4, -0.2) is 22.4 Å². The molecule has 0 aliphatic rings. The molecule has 13 heavy (non-hydrogen) atoms. The molecule has 2 atom stereocenters. The van der Waals surface area contributed by atoms with Gasteiger partial charge in [-0.25, -0.2) is 0 Å². The summed E-state index contributed by atoms with van der Waals surface area (Å²) in [6.07, 6.45) is 6.14. The maximum atomic E-state index is 9.41. The largest absolute Gasteiger partial charge is 0.393 e. The molecule has 0 aliphatic carbocycles. The van der Waals surface area contributed by atoms with E-state index in [1.165, 1.54) is 0 Å². The van der Waals surface area contributed by atoms with E-state index in [0.717, 1.165) is 5.57 Å². The van der Waals surface area contributed by atoms with Crippen molar-refractivity contribution in [2.45, 2.75) is 45.8 Å². The maximum Gasteiger partial charge on any atom is 0.0599 e. The molecule has 0 rings (SSSR count). The molecule has 0 aliphatic heterocycles. The summed E-state index contributed by atoms with van der Waals surface area (Å²) < 4.78 is 0. The standard InChI is InChI=1S/C11H20O2/c1-4-5-9(2)6-7-11(13)8-10(3)12/h4-6,10-13H,7-8H2,1-3H3/b5-4+,9-6+/t10-,11+/m0/s1. The van der Waals surface area contributed by atoms with E-state index in [-0.39, 0.29) is 0 Å². The van der Waals surface area contributed by atoms with Crippen LogP contribution in [0.4, 0.5) is 0 Å². The number of rotatable bonds is 5. The molecule has 0 spiro atoms. The summed E-state index contributed by atoms with van der Waals surface area (Å²) in [7, 11) is 0. The number of hydrogen-bond acceptors (Lipinski definition) is 2. The molecule has 2 N–H and O–H groups in total. The van der Waals surface area contributed by atoms with Gasteiger partial charge in [-0.3, -0.25) is 0 Å². The monoisotopic (exact) mass is 184 g/mol. The summed E-state index contributed by atoms with van der Waals surface area (Å²) >= 11 is 0. The van der Waals surface area contributed by atoms with Crippen LogP contribution in [-0.2, 0) is 0 Å². The van der Waals surface area contributed by atoms with Gasteiger partial charge in [-0.2, -0.15) is 0 Å². The predicted molar refractivity (Wildman–Crippen MR) is 55.5 cm³/mol. The van der Waals surface area contributed by atoms with Crippen LogP contribution in [0.3, 0.4) is 0 Å². The van der Waals surface area contributed by atoms with E-state index in [1.54, 1.807) is 6.92 Å². The van der Waals surface area contributed by atoms with Gasteiger partial charge in [-0.05, 0) is 33.6 Å². The Kier molecular flexibility index (Phi) is 6.55. The first-order valence-electron chi connectivity index (χ1n) is 4.71. The van der Waals surface area contributed by atoms with Crippen LogP contribution >= 0.6 is 0 Å². The highest BCUT2D eigenvalue weighted by Gasteiger charge is 2.05. The molecule has 0 amide bonds. The van der Waals surface area contributed by atoms with Gasteiger partial charge >= 0.3 is 0 Å². The summed E-state index contributed by atoms with van der Waals surface area (Å²) in [5.74, 6) is 0. The van der Waals surface area contributed by atoms with Gasteiger partial charge in [0.1, 0.15) is 0 Å². The Morgan fingerprint density at radius 1 is 1.38 bits per heavy atom. The zero-order valence-electron chi connectivity index (χ0n) is 8.70. The average molecular weight is 184 g/mol. The summed E-state index contributed by atoms with van der Waals surface area (Å²) in [5, 5.41) is 18.4. The number of allylic oxidation sites excluding steroid dienone is 3. The fourth-order valence-corrected chi connectivity index (χ4v) is 1.14. The fraction of sp³-hybridized carbons (Fsp3) is 0.636. The highest BCUT2D eigenvalue weighted by molar-refractivity contribution is 5.15. The van der Waals surface area contributed by atoms with Gasteiger partial charge in [0.15, 0.2) is 0 Å². The lowest BCUT2D eigenvalue weighted by Gasteiger charge is -2.09. The van der Waals surface area contributed by atoms with E-state index in [0.29, 0.717) is 12.8 Å². The van der Waals surface area contributed by atoms with Crippen molar-refractivity contribution in [2.24, 2.45) is 0 Å². The minimum Gasteiger partial charge on any atom is -0.393 e. The molecule has 76 valence electrons.